The fourth-order valence-corrected chi connectivity index (χ4v) is 6.67. The second kappa shape index (κ2) is 8.90. The van der Waals surface area contributed by atoms with E-state index in [4.69, 9.17) is 11.6 Å². The van der Waals surface area contributed by atoms with Gasteiger partial charge in [0.25, 0.3) is 5.91 Å². The minimum absolute atomic E-state index is 0.0257. The van der Waals surface area contributed by atoms with Gasteiger partial charge in [0.05, 0.1) is 21.2 Å². The minimum Gasteiger partial charge on any atom is -0.503 e. The summed E-state index contributed by atoms with van der Waals surface area (Å²) in [6, 6.07) is 5.31. The normalized spacial score (nSPS) is 22.2. The molecule has 11 heteroatoms. The van der Waals surface area contributed by atoms with E-state index < -0.39 is 27.4 Å². The Morgan fingerprint density at radius 3 is 2.37 bits per heavy atom. The maximum absolute atomic E-state index is 14.8. The number of aromatic hydroxyl groups is 1. The van der Waals surface area contributed by atoms with Gasteiger partial charge >= 0.3 is 0 Å². The third kappa shape index (κ3) is 4.47. The number of carbonyl (C=O) groups is 1. The van der Waals surface area contributed by atoms with Gasteiger partial charge < -0.3 is 14.9 Å². The van der Waals surface area contributed by atoms with E-state index in [1.54, 1.807) is 4.90 Å². The molecule has 3 aliphatic rings. The highest BCUT2D eigenvalue weighted by molar-refractivity contribution is 7.89. The summed E-state index contributed by atoms with van der Waals surface area (Å²) in [4.78, 5) is 16.3. The molecule has 2 bridgehead atoms. The van der Waals surface area contributed by atoms with Gasteiger partial charge in [-0.05, 0) is 61.9 Å². The molecule has 2 atom stereocenters. The average Bonchev–Trinajstić information content (AvgIpc) is 3.58. The Labute approximate surface area is 207 Å². The summed E-state index contributed by atoms with van der Waals surface area (Å²) in [6.45, 7) is 0.934. The molecule has 3 fully saturated rings. The van der Waals surface area contributed by atoms with Gasteiger partial charge in [-0.2, -0.15) is 0 Å². The number of carbonyl (C=O) groups excluding carboxylic acids is 1. The van der Waals surface area contributed by atoms with Gasteiger partial charge in [0, 0.05) is 38.8 Å². The smallest absolute Gasteiger partial charge is 0.255 e. The number of likely N-dealkylation sites (tertiary alicyclic amines) is 1. The summed E-state index contributed by atoms with van der Waals surface area (Å²) in [5, 5.41) is 10.6. The van der Waals surface area contributed by atoms with Crippen LogP contribution in [0.5, 0.6) is 5.75 Å². The van der Waals surface area contributed by atoms with Crippen LogP contribution in [-0.2, 0) is 10.0 Å². The molecule has 1 saturated carbocycles. The molecule has 0 spiro atoms. The number of amides is 1. The first-order chi connectivity index (χ1) is 16.6. The van der Waals surface area contributed by atoms with Crippen molar-refractivity contribution in [3.8, 4) is 5.75 Å². The number of sulfonamides is 1. The van der Waals surface area contributed by atoms with Gasteiger partial charge in [-0.25, -0.2) is 21.5 Å². The van der Waals surface area contributed by atoms with Crippen molar-refractivity contribution < 1.29 is 27.1 Å². The van der Waals surface area contributed by atoms with Crippen LogP contribution < -0.4 is 4.90 Å². The zero-order valence-corrected chi connectivity index (χ0v) is 20.7. The first-order valence-electron chi connectivity index (χ1n) is 11.6. The highest BCUT2D eigenvalue weighted by atomic mass is 35.5. The second-order valence-corrected chi connectivity index (χ2v) is 12.1. The van der Waals surface area contributed by atoms with E-state index in [-0.39, 0.29) is 52.2 Å². The monoisotopic (exact) mass is 525 g/mol. The summed E-state index contributed by atoms with van der Waals surface area (Å²) in [7, 11) is -2.45. The molecular formula is C24H26ClF2N3O4S. The summed E-state index contributed by atoms with van der Waals surface area (Å²) >= 11 is 6.08. The molecule has 2 heterocycles. The van der Waals surface area contributed by atoms with Crippen LogP contribution in [0.4, 0.5) is 14.5 Å². The highest BCUT2D eigenvalue weighted by Crippen LogP contribution is 2.42. The quantitative estimate of drug-likeness (QED) is 0.619. The number of hydrogen-bond acceptors (Lipinski definition) is 5. The van der Waals surface area contributed by atoms with Gasteiger partial charge in [-0.3, -0.25) is 4.79 Å². The molecule has 1 aliphatic carbocycles. The molecule has 2 saturated heterocycles. The molecular weight excluding hydrogens is 500 g/mol. The molecule has 188 valence electrons. The highest BCUT2D eigenvalue weighted by Gasteiger charge is 2.43. The topological polar surface area (TPSA) is 81.2 Å². The van der Waals surface area contributed by atoms with Crippen LogP contribution in [0.2, 0.25) is 5.02 Å². The van der Waals surface area contributed by atoms with Crippen LogP contribution in [0, 0.1) is 17.6 Å². The third-order valence-corrected chi connectivity index (χ3v) is 9.26. The number of phenolic OH excluding ortho intramolecular Hbond substituents is 1. The van der Waals surface area contributed by atoms with Gasteiger partial charge in [-0.15, -0.1) is 0 Å². The van der Waals surface area contributed by atoms with Crippen molar-refractivity contribution in [1.29, 1.82) is 0 Å². The average molecular weight is 526 g/mol. The fraction of sp³-hybridized carbons (Fsp3) is 0.458. The third-order valence-electron chi connectivity index (χ3n) is 7.15. The number of benzene rings is 2. The van der Waals surface area contributed by atoms with Crippen LogP contribution in [0.25, 0.3) is 0 Å². The van der Waals surface area contributed by atoms with Gasteiger partial charge in [-0.1, -0.05) is 11.6 Å². The van der Waals surface area contributed by atoms with E-state index in [2.05, 4.69) is 0 Å². The predicted molar refractivity (Wildman–Crippen MR) is 127 cm³/mol. The summed E-state index contributed by atoms with van der Waals surface area (Å²) in [6.07, 6.45) is 3.32. The lowest BCUT2D eigenvalue weighted by Crippen LogP contribution is -2.55. The number of phenols is 1. The Balaban J connectivity index is 1.42. The zero-order chi connectivity index (χ0) is 25.1. The number of fused-ring (bicyclic) bond motifs is 2. The van der Waals surface area contributed by atoms with E-state index in [0.717, 1.165) is 25.0 Å². The molecule has 5 rings (SSSR count). The van der Waals surface area contributed by atoms with Crippen LogP contribution in [0.1, 0.15) is 36.0 Å². The maximum atomic E-state index is 14.8. The first kappa shape index (κ1) is 24.3. The standard InChI is InChI=1S/C24H26ClF2N3O4S/c1-28(11-14-2-3-14)35(33,34)18-9-21(27)23(31)22(10-18)30-16-5-6-17(30)13-29(12-16)24(32)19-7-4-15(26)8-20(19)25/h4,7-10,14,16-17,31H,2-3,5-6,11-13H2,1H3/t16-,17+. The summed E-state index contributed by atoms with van der Waals surface area (Å²) < 4.78 is 55.6. The largest absolute Gasteiger partial charge is 0.503 e. The second-order valence-electron chi connectivity index (χ2n) is 9.63. The number of anilines is 1. The Morgan fingerprint density at radius 2 is 1.77 bits per heavy atom. The molecule has 2 aliphatic heterocycles. The van der Waals surface area contributed by atoms with Gasteiger partial charge in [0.1, 0.15) is 5.82 Å². The summed E-state index contributed by atoms with van der Waals surface area (Å²) in [5.41, 5.74) is 0.310. The Hall–Kier alpha value is -2.43. The van der Waals surface area contributed by atoms with E-state index >= 15 is 0 Å². The maximum Gasteiger partial charge on any atom is 0.255 e. The minimum atomic E-state index is -3.93. The number of halogens is 3. The van der Waals surface area contributed by atoms with Crippen LogP contribution >= 0.6 is 11.6 Å². The lowest BCUT2D eigenvalue weighted by Gasteiger charge is -2.42. The molecule has 0 aromatic heterocycles. The Bertz CT molecular complexity index is 1270. The van der Waals surface area contributed by atoms with E-state index in [1.807, 2.05) is 4.90 Å². The van der Waals surface area contributed by atoms with E-state index in [0.29, 0.717) is 25.3 Å². The lowest BCUT2D eigenvalue weighted by molar-refractivity contribution is 0.0718. The van der Waals surface area contributed by atoms with Crippen molar-refractivity contribution >= 4 is 33.2 Å². The molecule has 1 N–H and O–H groups in total. The van der Waals surface area contributed by atoms with Gasteiger partial charge in [0.2, 0.25) is 10.0 Å². The number of rotatable bonds is 6. The number of hydrogen-bond donors (Lipinski definition) is 1. The van der Waals surface area contributed by atoms with Gasteiger partial charge in [0.15, 0.2) is 11.6 Å². The molecule has 35 heavy (non-hydrogen) atoms. The van der Waals surface area contributed by atoms with Crippen LogP contribution in [0.15, 0.2) is 35.2 Å². The SMILES string of the molecule is CN(CC1CC1)S(=O)(=O)c1cc(F)c(O)c(N2[C@@H]3CC[C@H]2CN(C(=O)c2ccc(F)cc2Cl)C3)c1. The number of nitrogens with zero attached hydrogens (tertiary/aromatic N) is 3. The molecule has 2 aromatic carbocycles. The summed E-state index contributed by atoms with van der Waals surface area (Å²) in [5.74, 6) is -2.15. The number of piperazine rings is 1. The predicted octanol–water partition coefficient (Wildman–Crippen LogP) is 3.85. The molecule has 7 nitrogen and oxygen atoms in total. The van der Waals surface area contributed by atoms with Crippen molar-refractivity contribution in [2.75, 3.05) is 31.6 Å². The van der Waals surface area contributed by atoms with Crippen molar-refractivity contribution in [2.24, 2.45) is 5.92 Å². The Morgan fingerprint density at radius 1 is 1.11 bits per heavy atom. The molecule has 0 radical (unpaired) electrons. The molecule has 0 unspecified atom stereocenters. The van der Waals surface area contributed by atoms with Crippen LogP contribution in [0.3, 0.4) is 0 Å². The van der Waals surface area contributed by atoms with Crippen molar-refractivity contribution in [3.63, 3.8) is 0 Å². The van der Waals surface area contributed by atoms with E-state index in [1.165, 1.54) is 29.6 Å². The van der Waals surface area contributed by atoms with Crippen molar-refractivity contribution in [1.82, 2.24) is 9.21 Å². The molecule has 2 aromatic rings. The zero-order valence-electron chi connectivity index (χ0n) is 19.1. The fourth-order valence-electron chi connectivity index (χ4n) is 5.14. The van der Waals surface area contributed by atoms with Crippen molar-refractivity contribution in [2.45, 2.75) is 42.7 Å². The lowest BCUT2D eigenvalue weighted by atomic mass is 10.1. The van der Waals surface area contributed by atoms with E-state index in [9.17, 15) is 27.1 Å². The first-order valence-corrected chi connectivity index (χ1v) is 13.4. The Kier molecular flexibility index (Phi) is 6.17. The van der Waals surface area contributed by atoms with Crippen LogP contribution in [-0.4, -0.2) is 67.4 Å². The molecule has 1 amide bonds. The van der Waals surface area contributed by atoms with Crippen molar-refractivity contribution in [3.05, 3.63) is 52.6 Å².